The van der Waals surface area contributed by atoms with Crippen LogP contribution in [0.15, 0.2) is 4.99 Å². The highest BCUT2D eigenvalue weighted by molar-refractivity contribution is 5.81. The molecule has 1 unspecified atom stereocenters. The minimum absolute atomic E-state index is 0.0689. The summed E-state index contributed by atoms with van der Waals surface area (Å²) in [7, 11) is 2.01. The fraction of sp³-hybridized carbons (Fsp3) is 0.909. The molecule has 0 aromatic heterocycles. The standard InChI is InChI=1S/C11H21N3O/c1-9(2)6-11(10(3,4)15-9)7-13-8(12)14(11)5/h6-7H2,1-5H3,(H2,12,13). The zero-order chi connectivity index (χ0) is 11.5. The normalized spacial score (nSPS) is 37.4. The Morgan fingerprint density at radius 3 is 2.27 bits per heavy atom. The largest absolute Gasteiger partial charge is 0.370 e. The van der Waals surface area contributed by atoms with Crippen molar-refractivity contribution in [1.29, 1.82) is 0 Å². The summed E-state index contributed by atoms with van der Waals surface area (Å²) in [6.45, 7) is 9.27. The summed E-state index contributed by atoms with van der Waals surface area (Å²) in [4.78, 5) is 6.44. The van der Waals surface area contributed by atoms with Crippen LogP contribution in [0.1, 0.15) is 34.1 Å². The summed E-state index contributed by atoms with van der Waals surface area (Å²) in [5.74, 6) is 0.629. The molecule has 2 rings (SSSR count). The Balaban J connectivity index is 2.38. The Kier molecular flexibility index (Phi) is 1.91. The average Bonchev–Trinajstić information content (AvgIpc) is 2.41. The van der Waals surface area contributed by atoms with Crippen LogP contribution in [0.2, 0.25) is 0 Å². The predicted octanol–water partition coefficient (Wildman–Crippen LogP) is 0.963. The van der Waals surface area contributed by atoms with E-state index in [4.69, 9.17) is 10.5 Å². The van der Waals surface area contributed by atoms with Crippen molar-refractivity contribution < 1.29 is 4.74 Å². The van der Waals surface area contributed by atoms with Gasteiger partial charge >= 0.3 is 0 Å². The van der Waals surface area contributed by atoms with Crippen LogP contribution in [-0.4, -0.2) is 41.2 Å². The second-order valence-corrected chi connectivity index (χ2v) is 5.81. The monoisotopic (exact) mass is 211 g/mol. The van der Waals surface area contributed by atoms with E-state index in [0.717, 1.165) is 13.0 Å². The summed E-state index contributed by atoms with van der Waals surface area (Å²) in [5, 5.41) is 0. The quantitative estimate of drug-likeness (QED) is 0.649. The molecular weight excluding hydrogens is 190 g/mol. The molecule has 2 heterocycles. The number of likely N-dealkylation sites (N-methyl/N-ethyl adjacent to an activating group) is 1. The minimum atomic E-state index is -0.212. The van der Waals surface area contributed by atoms with E-state index in [0.29, 0.717) is 5.96 Å². The minimum Gasteiger partial charge on any atom is -0.370 e. The fourth-order valence-corrected chi connectivity index (χ4v) is 3.15. The first-order valence-corrected chi connectivity index (χ1v) is 5.44. The van der Waals surface area contributed by atoms with Crippen LogP contribution in [0.3, 0.4) is 0 Å². The van der Waals surface area contributed by atoms with Gasteiger partial charge in [-0.1, -0.05) is 0 Å². The van der Waals surface area contributed by atoms with Gasteiger partial charge in [0, 0.05) is 13.5 Å². The average molecular weight is 211 g/mol. The molecule has 0 aromatic carbocycles. The van der Waals surface area contributed by atoms with Gasteiger partial charge in [0.25, 0.3) is 0 Å². The lowest BCUT2D eigenvalue weighted by atomic mass is 9.78. The molecule has 4 heteroatoms. The van der Waals surface area contributed by atoms with E-state index in [1.807, 2.05) is 7.05 Å². The molecule has 2 aliphatic rings. The number of hydrogen-bond acceptors (Lipinski definition) is 4. The molecule has 15 heavy (non-hydrogen) atoms. The summed E-state index contributed by atoms with van der Waals surface area (Å²) in [6, 6.07) is 0. The Morgan fingerprint density at radius 1 is 1.33 bits per heavy atom. The lowest BCUT2D eigenvalue weighted by molar-refractivity contribution is -0.0895. The Bertz CT molecular complexity index is 322. The molecule has 4 nitrogen and oxygen atoms in total. The van der Waals surface area contributed by atoms with E-state index in [1.54, 1.807) is 0 Å². The van der Waals surface area contributed by atoms with E-state index in [2.05, 4.69) is 37.6 Å². The van der Waals surface area contributed by atoms with Gasteiger partial charge < -0.3 is 15.4 Å². The number of rotatable bonds is 0. The van der Waals surface area contributed by atoms with E-state index in [-0.39, 0.29) is 16.7 Å². The van der Waals surface area contributed by atoms with Crippen LogP contribution < -0.4 is 5.73 Å². The van der Waals surface area contributed by atoms with Crippen molar-refractivity contribution in [3.63, 3.8) is 0 Å². The summed E-state index contributed by atoms with van der Waals surface area (Å²) >= 11 is 0. The van der Waals surface area contributed by atoms with Gasteiger partial charge in [0.15, 0.2) is 5.96 Å². The van der Waals surface area contributed by atoms with Crippen molar-refractivity contribution >= 4 is 5.96 Å². The van der Waals surface area contributed by atoms with Crippen molar-refractivity contribution in [3.8, 4) is 0 Å². The number of nitrogens with zero attached hydrogens (tertiary/aromatic N) is 2. The molecule has 2 N–H and O–H groups in total. The summed E-state index contributed by atoms with van der Waals surface area (Å²) in [6.07, 6.45) is 0.966. The van der Waals surface area contributed by atoms with Crippen LogP contribution in [-0.2, 0) is 4.74 Å². The van der Waals surface area contributed by atoms with Gasteiger partial charge in [0.2, 0.25) is 0 Å². The van der Waals surface area contributed by atoms with Crippen LogP contribution in [0.5, 0.6) is 0 Å². The summed E-state index contributed by atoms with van der Waals surface area (Å²) < 4.78 is 6.12. The number of nitrogens with two attached hydrogens (primary N) is 1. The molecule has 0 saturated carbocycles. The second kappa shape index (κ2) is 2.67. The third kappa shape index (κ3) is 1.27. The zero-order valence-electron chi connectivity index (χ0n) is 10.3. The van der Waals surface area contributed by atoms with Gasteiger partial charge in [-0.3, -0.25) is 4.99 Å². The van der Waals surface area contributed by atoms with Gasteiger partial charge in [-0.2, -0.15) is 0 Å². The van der Waals surface area contributed by atoms with Crippen LogP contribution in [0.25, 0.3) is 0 Å². The SMILES string of the molecule is CN1C(N)=NCC12CC(C)(C)OC2(C)C. The molecule has 1 fully saturated rings. The molecule has 0 radical (unpaired) electrons. The zero-order valence-corrected chi connectivity index (χ0v) is 10.3. The van der Waals surface area contributed by atoms with Gasteiger partial charge in [0.1, 0.15) is 0 Å². The maximum Gasteiger partial charge on any atom is 0.191 e. The van der Waals surface area contributed by atoms with Crippen molar-refractivity contribution in [3.05, 3.63) is 0 Å². The molecule has 0 aliphatic carbocycles. The molecule has 2 aliphatic heterocycles. The highest BCUT2D eigenvalue weighted by atomic mass is 16.5. The first-order chi connectivity index (χ1) is 6.70. The topological polar surface area (TPSA) is 50.8 Å². The Hall–Kier alpha value is -0.770. The highest BCUT2D eigenvalue weighted by Crippen LogP contribution is 2.49. The van der Waals surface area contributed by atoms with Crippen LogP contribution in [0, 0.1) is 0 Å². The molecule has 1 atom stereocenters. The highest BCUT2D eigenvalue weighted by Gasteiger charge is 2.61. The van der Waals surface area contributed by atoms with Gasteiger partial charge in [-0.15, -0.1) is 0 Å². The fourth-order valence-electron chi connectivity index (χ4n) is 3.15. The number of aliphatic imine (C=N–C) groups is 1. The van der Waals surface area contributed by atoms with Crippen molar-refractivity contribution in [2.45, 2.75) is 50.9 Å². The molecule has 0 amide bonds. The molecule has 0 aromatic rings. The van der Waals surface area contributed by atoms with Gasteiger partial charge in [0.05, 0.1) is 23.3 Å². The molecule has 0 bridgehead atoms. The third-order valence-electron chi connectivity index (χ3n) is 3.86. The smallest absolute Gasteiger partial charge is 0.191 e. The lowest BCUT2D eigenvalue weighted by Crippen LogP contribution is -2.59. The van der Waals surface area contributed by atoms with Crippen molar-refractivity contribution in [1.82, 2.24) is 4.90 Å². The molecule has 1 saturated heterocycles. The number of guanidine groups is 1. The number of ether oxygens (including phenoxy) is 1. The van der Waals surface area contributed by atoms with E-state index >= 15 is 0 Å². The van der Waals surface area contributed by atoms with E-state index in [1.165, 1.54) is 0 Å². The number of hydrogen-bond donors (Lipinski definition) is 1. The summed E-state index contributed by atoms with van der Waals surface area (Å²) in [5.41, 5.74) is 5.48. The Labute approximate surface area is 91.5 Å². The van der Waals surface area contributed by atoms with Crippen LogP contribution in [0.4, 0.5) is 0 Å². The Morgan fingerprint density at radius 2 is 1.93 bits per heavy atom. The molecule has 86 valence electrons. The van der Waals surface area contributed by atoms with E-state index in [9.17, 15) is 0 Å². The second-order valence-electron chi connectivity index (χ2n) is 5.81. The van der Waals surface area contributed by atoms with E-state index < -0.39 is 0 Å². The predicted molar refractivity (Wildman–Crippen MR) is 60.8 cm³/mol. The van der Waals surface area contributed by atoms with Crippen LogP contribution >= 0.6 is 0 Å². The first kappa shape index (κ1) is 10.7. The first-order valence-electron chi connectivity index (χ1n) is 5.44. The lowest BCUT2D eigenvalue weighted by Gasteiger charge is -2.42. The van der Waals surface area contributed by atoms with Crippen molar-refractivity contribution in [2.24, 2.45) is 10.7 Å². The van der Waals surface area contributed by atoms with Gasteiger partial charge in [-0.25, -0.2) is 0 Å². The maximum atomic E-state index is 6.12. The molecular formula is C11H21N3O. The third-order valence-corrected chi connectivity index (χ3v) is 3.86. The van der Waals surface area contributed by atoms with Crippen molar-refractivity contribution in [2.75, 3.05) is 13.6 Å². The van der Waals surface area contributed by atoms with Gasteiger partial charge in [-0.05, 0) is 27.7 Å². The maximum absolute atomic E-state index is 6.12. The molecule has 1 spiro atoms.